The van der Waals surface area contributed by atoms with Crippen molar-refractivity contribution in [3.8, 4) is 11.5 Å². The van der Waals surface area contributed by atoms with Gasteiger partial charge in [-0.15, -0.1) is 0 Å². The lowest BCUT2D eigenvalue weighted by molar-refractivity contribution is 0.174. The first-order valence-electron chi connectivity index (χ1n) is 7.56. The maximum atomic E-state index is 5.40. The maximum absolute atomic E-state index is 5.40. The van der Waals surface area contributed by atoms with Crippen LogP contribution >= 0.6 is 12.2 Å². The zero-order valence-corrected chi connectivity index (χ0v) is 13.6. The van der Waals surface area contributed by atoms with Crippen LogP contribution in [-0.2, 0) is 6.54 Å². The summed E-state index contributed by atoms with van der Waals surface area (Å²) in [7, 11) is 0. The molecule has 0 bridgehead atoms. The van der Waals surface area contributed by atoms with E-state index in [0.29, 0.717) is 11.7 Å². The Morgan fingerprint density at radius 1 is 1.12 bits per heavy atom. The molecule has 2 aromatic carbocycles. The largest absolute Gasteiger partial charge is 0.454 e. The van der Waals surface area contributed by atoms with Crippen LogP contribution in [0.4, 0.5) is 5.69 Å². The third kappa shape index (κ3) is 2.96. The van der Waals surface area contributed by atoms with Gasteiger partial charge in [0.2, 0.25) is 6.79 Å². The molecule has 2 N–H and O–H groups in total. The van der Waals surface area contributed by atoms with Gasteiger partial charge in [0.25, 0.3) is 0 Å². The van der Waals surface area contributed by atoms with E-state index in [4.69, 9.17) is 21.7 Å². The molecule has 1 aliphatic rings. The summed E-state index contributed by atoms with van der Waals surface area (Å²) in [5.41, 5.74) is 2.03. The van der Waals surface area contributed by atoms with Crippen molar-refractivity contribution in [1.29, 1.82) is 0 Å². The number of benzene rings is 2. The van der Waals surface area contributed by atoms with E-state index in [1.54, 1.807) is 6.20 Å². The van der Waals surface area contributed by atoms with E-state index < -0.39 is 0 Å². The van der Waals surface area contributed by atoms with Crippen molar-refractivity contribution in [2.45, 2.75) is 6.54 Å². The predicted octanol–water partition coefficient (Wildman–Crippen LogP) is 3.45. The lowest BCUT2D eigenvalue weighted by Crippen LogP contribution is -2.27. The lowest BCUT2D eigenvalue weighted by atomic mass is 10.1. The Labute approximate surface area is 144 Å². The van der Waals surface area contributed by atoms with Gasteiger partial charge < -0.3 is 20.1 Å². The van der Waals surface area contributed by atoms with Gasteiger partial charge in [-0.05, 0) is 42.0 Å². The number of rotatable bonds is 3. The molecule has 3 aromatic rings. The summed E-state index contributed by atoms with van der Waals surface area (Å²) in [4.78, 5) is 4.14. The van der Waals surface area contributed by atoms with Crippen molar-refractivity contribution in [1.82, 2.24) is 10.3 Å². The Morgan fingerprint density at radius 3 is 3.00 bits per heavy atom. The highest BCUT2D eigenvalue weighted by atomic mass is 32.1. The van der Waals surface area contributed by atoms with Gasteiger partial charge in [-0.2, -0.15) is 0 Å². The first-order valence-corrected chi connectivity index (χ1v) is 7.96. The Balaban J connectivity index is 1.43. The molecule has 1 aliphatic heterocycles. The molecule has 0 spiro atoms. The second-order valence-electron chi connectivity index (χ2n) is 5.40. The minimum absolute atomic E-state index is 0.280. The molecule has 0 amide bonds. The van der Waals surface area contributed by atoms with Gasteiger partial charge in [0.05, 0.1) is 0 Å². The van der Waals surface area contributed by atoms with Crippen LogP contribution in [0, 0.1) is 0 Å². The smallest absolute Gasteiger partial charge is 0.231 e. The predicted molar refractivity (Wildman–Crippen MR) is 97.4 cm³/mol. The number of hydrogen-bond acceptors (Lipinski definition) is 4. The summed E-state index contributed by atoms with van der Waals surface area (Å²) < 4.78 is 10.7. The zero-order chi connectivity index (χ0) is 16.4. The first kappa shape index (κ1) is 14.7. The van der Waals surface area contributed by atoms with Crippen molar-refractivity contribution in [3.63, 3.8) is 0 Å². The summed E-state index contributed by atoms with van der Waals surface area (Å²) in [5.74, 6) is 1.55. The van der Waals surface area contributed by atoms with Crippen LogP contribution in [0.5, 0.6) is 11.5 Å². The number of pyridine rings is 1. The highest BCUT2D eigenvalue weighted by Crippen LogP contribution is 2.32. The molecular weight excluding hydrogens is 322 g/mol. The van der Waals surface area contributed by atoms with E-state index in [1.807, 2.05) is 48.7 Å². The fourth-order valence-corrected chi connectivity index (χ4v) is 2.81. The number of nitrogens with one attached hydrogen (secondary N) is 2. The number of ether oxygens (including phenoxy) is 2. The van der Waals surface area contributed by atoms with Gasteiger partial charge in [0, 0.05) is 35.4 Å². The minimum Gasteiger partial charge on any atom is -0.454 e. The third-order valence-corrected chi connectivity index (χ3v) is 4.07. The molecule has 2 heterocycles. The van der Waals surface area contributed by atoms with E-state index in [0.717, 1.165) is 33.5 Å². The summed E-state index contributed by atoms with van der Waals surface area (Å²) in [5, 5.41) is 9.18. The molecule has 0 atom stereocenters. The highest BCUT2D eigenvalue weighted by molar-refractivity contribution is 7.80. The van der Waals surface area contributed by atoms with Crippen molar-refractivity contribution in [2.24, 2.45) is 0 Å². The molecule has 0 aliphatic carbocycles. The van der Waals surface area contributed by atoms with E-state index in [2.05, 4.69) is 15.6 Å². The van der Waals surface area contributed by atoms with E-state index in [-0.39, 0.29) is 6.79 Å². The fourth-order valence-electron chi connectivity index (χ4n) is 2.63. The molecule has 0 unspecified atom stereocenters. The molecule has 4 rings (SSSR count). The van der Waals surface area contributed by atoms with Crippen LogP contribution in [0.3, 0.4) is 0 Å². The molecule has 0 fully saturated rings. The van der Waals surface area contributed by atoms with Crippen LogP contribution in [-0.4, -0.2) is 16.9 Å². The molecular formula is C18H15N3O2S. The standard InChI is InChI=1S/C18H15N3O2S/c24-18(20-9-12-4-5-16-17(8-12)23-11-22-16)21-15-3-1-2-13-10-19-7-6-14(13)15/h1-8,10H,9,11H2,(H2,20,21,24). The number of anilines is 1. The second kappa shape index (κ2) is 6.33. The minimum atomic E-state index is 0.280. The summed E-state index contributed by atoms with van der Waals surface area (Å²) in [6, 6.07) is 13.8. The van der Waals surface area contributed by atoms with E-state index in [9.17, 15) is 0 Å². The highest BCUT2D eigenvalue weighted by Gasteiger charge is 2.13. The van der Waals surface area contributed by atoms with Gasteiger partial charge in [-0.25, -0.2) is 0 Å². The lowest BCUT2D eigenvalue weighted by Gasteiger charge is -2.12. The maximum Gasteiger partial charge on any atom is 0.231 e. The molecule has 120 valence electrons. The monoisotopic (exact) mass is 337 g/mol. The molecule has 0 saturated heterocycles. The van der Waals surface area contributed by atoms with Crippen LogP contribution in [0.15, 0.2) is 54.9 Å². The van der Waals surface area contributed by atoms with Crippen LogP contribution in [0.1, 0.15) is 5.56 Å². The summed E-state index contributed by atoms with van der Waals surface area (Å²) in [6.45, 7) is 0.886. The van der Waals surface area contributed by atoms with Crippen molar-refractivity contribution < 1.29 is 9.47 Å². The average molecular weight is 337 g/mol. The molecule has 6 heteroatoms. The fraction of sp³-hybridized carbons (Fsp3) is 0.111. The Hall–Kier alpha value is -2.86. The molecule has 1 aromatic heterocycles. The Morgan fingerprint density at radius 2 is 2.04 bits per heavy atom. The molecule has 24 heavy (non-hydrogen) atoms. The van der Waals surface area contributed by atoms with Gasteiger partial charge in [-0.1, -0.05) is 18.2 Å². The number of hydrogen-bond donors (Lipinski definition) is 2. The SMILES string of the molecule is S=C(NCc1ccc2c(c1)OCO2)Nc1cccc2cnccc12. The summed E-state index contributed by atoms with van der Waals surface area (Å²) >= 11 is 5.40. The van der Waals surface area contributed by atoms with Gasteiger partial charge in [0.1, 0.15) is 0 Å². The van der Waals surface area contributed by atoms with Crippen molar-refractivity contribution >= 4 is 33.8 Å². The number of fused-ring (bicyclic) bond motifs is 2. The Kier molecular flexibility index (Phi) is 3.88. The van der Waals surface area contributed by atoms with E-state index in [1.165, 1.54) is 0 Å². The normalized spacial score (nSPS) is 12.2. The molecule has 0 saturated carbocycles. The third-order valence-electron chi connectivity index (χ3n) is 3.82. The van der Waals surface area contributed by atoms with Gasteiger partial charge in [0.15, 0.2) is 16.6 Å². The number of aromatic nitrogens is 1. The quantitative estimate of drug-likeness (QED) is 0.714. The van der Waals surface area contributed by atoms with Gasteiger partial charge >= 0.3 is 0 Å². The number of nitrogens with zero attached hydrogens (tertiary/aromatic N) is 1. The Bertz CT molecular complexity index is 908. The first-order chi connectivity index (χ1) is 11.8. The molecule has 5 nitrogen and oxygen atoms in total. The van der Waals surface area contributed by atoms with E-state index >= 15 is 0 Å². The summed E-state index contributed by atoms with van der Waals surface area (Å²) in [6.07, 6.45) is 3.61. The van der Waals surface area contributed by atoms with Crippen molar-refractivity contribution in [3.05, 3.63) is 60.4 Å². The van der Waals surface area contributed by atoms with Crippen LogP contribution in [0.2, 0.25) is 0 Å². The number of thiocarbonyl (C=S) groups is 1. The van der Waals surface area contributed by atoms with Gasteiger partial charge in [-0.3, -0.25) is 4.98 Å². The zero-order valence-electron chi connectivity index (χ0n) is 12.8. The topological polar surface area (TPSA) is 55.4 Å². The molecule has 0 radical (unpaired) electrons. The second-order valence-corrected chi connectivity index (χ2v) is 5.81. The average Bonchev–Trinajstić information content (AvgIpc) is 3.08. The van der Waals surface area contributed by atoms with Crippen molar-refractivity contribution in [2.75, 3.05) is 12.1 Å². The van der Waals surface area contributed by atoms with Crippen LogP contribution < -0.4 is 20.1 Å². The van der Waals surface area contributed by atoms with Crippen LogP contribution in [0.25, 0.3) is 10.8 Å².